The van der Waals surface area contributed by atoms with Crippen molar-refractivity contribution in [1.29, 1.82) is 10.5 Å². The Hall–Kier alpha value is -1.80. The quantitative estimate of drug-likeness (QED) is 0.714. The molecule has 1 aromatic carbocycles. The smallest absolute Gasteiger partial charge is 0.0995 e. The van der Waals surface area contributed by atoms with E-state index < -0.39 is 5.41 Å². The van der Waals surface area contributed by atoms with E-state index in [2.05, 4.69) is 12.1 Å². The molecule has 0 aromatic heterocycles. The Morgan fingerprint density at radius 1 is 1.00 bits per heavy atom. The highest BCUT2D eigenvalue weighted by atomic mass is 14.4. The topological polar surface area (TPSA) is 47.6 Å². The predicted octanol–water partition coefficient (Wildman–Crippen LogP) is 3.28. The molecule has 2 heteroatoms. The minimum absolute atomic E-state index is 0.412. The number of hydrogen-bond donors (Lipinski definition) is 0. The van der Waals surface area contributed by atoms with Gasteiger partial charge in [-0.3, -0.25) is 0 Å². The second-order valence-electron chi connectivity index (χ2n) is 4.41. The third-order valence-electron chi connectivity index (χ3n) is 3.48. The van der Waals surface area contributed by atoms with E-state index in [-0.39, 0.29) is 0 Å². The highest BCUT2D eigenvalue weighted by molar-refractivity contribution is 5.45. The lowest BCUT2D eigenvalue weighted by Gasteiger charge is -2.31. The van der Waals surface area contributed by atoms with Gasteiger partial charge in [-0.05, 0) is 24.5 Å². The van der Waals surface area contributed by atoms with Gasteiger partial charge in [0.05, 0.1) is 23.1 Å². The SMILES string of the molecule is N#Cc1ccccc1C1(C#N)CCCCC1. The van der Waals surface area contributed by atoms with Gasteiger partial charge in [0.1, 0.15) is 0 Å². The molecule has 0 N–H and O–H groups in total. The van der Waals surface area contributed by atoms with Gasteiger partial charge in [-0.1, -0.05) is 37.5 Å². The molecule has 0 unspecified atom stereocenters. The number of hydrogen-bond acceptors (Lipinski definition) is 2. The zero-order valence-corrected chi connectivity index (χ0v) is 9.24. The van der Waals surface area contributed by atoms with Gasteiger partial charge >= 0.3 is 0 Å². The Balaban J connectivity index is 2.49. The predicted molar refractivity (Wildman–Crippen MR) is 61.5 cm³/mol. The summed E-state index contributed by atoms with van der Waals surface area (Å²) >= 11 is 0. The Bertz CT molecular complexity index is 456. The second-order valence-corrected chi connectivity index (χ2v) is 4.41. The van der Waals surface area contributed by atoms with Crippen LogP contribution < -0.4 is 0 Å². The van der Waals surface area contributed by atoms with Crippen LogP contribution in [0.4, 0.5) is 0 Å². The van der Waals surface area contributed by atoms with Crippen molar-refractivity contribution in [3.8, 4) is 12.1 Å². The van der Waals surface area contributed by atoms with Crippen LogP contribution in [0.25, 0.3) is 0 Å². The van der Waals surface area contributed by atoms with E-state index in [4.69, 9.17) is 5.26 Å². The van der Waals surface area contributed by atoms with Gasteiger partial charge in [0.15, 0.2) is 0 Å². The third-order valence-corrected chi connectivity index (χ3v) is 3.48. The van der Waals surface area contributed by atoms with Crippen molar-refractivity contribution in [2.75, 3.05) is 0 Å². The van der Waals surface area contributed by atoms with E-state index in [1.165, 1.54) is 6.42 Å². The maximum absolute atomic E-state index is 9.46. The van der Waals surface area contributed by atoms with Gasteiger partial charge in [0.25, 0.3) is 0 Å². The monoisotopic (exact) mass is 210 g/mol. The summed E-state index contributed by atoms with van der Waals surface area (Å²) in [6.07, 6.45) is 5.17. The number of nitriles is 2. The summed E-state index contributed by atoms with van der Waals surface area (Å²) in [5.74, 6) is 0. The lowest BCUT2D eigenvalue weighted by atomic mass is 9.69. The van der Waals surface area contributed by atoms with E-state index in [0.717, 1.165) is 31.2 Å². The molecule has 1 aromatic rings. The number of rotatable bonds is 1. The van der Waals surface area contributed by atoms with Gasteiger partial charge < -0.3 is 0 Å². The van der Waals surface area contributed by atoms with Gasteiger partial charge in [0, 0.05) is 0 Å². The molecule has 0 heterocycles. The number of nitrogens with zero attached hydrogens (tertiary/aromatic N) is 2. The first-order valence-electron chi connectivity index (χ1n) is 5.73. The lowest BCUT2D eigenvalue weighted by molar-refractivity contribution is 0.365. The molecular weight excluding hydrogens is 196 g/mol. The normalized spacial score (nSPS) is 18.4. The summed E-state index contributed by atoms with van der Waals surface area (Å²) in [6, 6.07) is 12.2. The summed E-state index contributed by atoms with van der Waals surface area (Å²) in [5, 5.41) is 18.6. The zero-order valence-electron chi connectivity index (χ0n) is 9.24. The molecule has 1 saturated carbocycles. The summed E-state index contributed by atoms with van der Waals surface area (Å²) in [7, 11) is 0. The standard InChI is InChI=1S/C14H14N2/c15-10-12-6-2-3-7-13(12)14(11-16)8-4-1-5-9-14/h2-3,6-7H,1,4-5,8-9H2. The third kappa shape index (κ3) is 1.68. The van der Waals surface area contributed by atoms with Crippen LogP contribution in [0.2, 0.25) is 0 Å². The van der Waals surface area contributed by atoms with Crippen LogP contribution in [0.5, 0.6) is 0 Å². The fourth-order valence-corrected chi connectivity index (χ4v) is 2.59. The highest BCUT2D eigenvalue weighted by Crippen LogP contribution is 2.40. The summed E-state index contributed by atoms with van der Waals surface area (Å²) in [6.45, 7) is 0. The van der Waals surface area contributed by atoms with Crippen LogP contribution in [-0.2, 0) is 5.41 Å². The largest absolute Gasteiger partial charge is 0.197 e. The first kappa shape index (κ1) is 10.7. The fraction of sp³-hybridized carbons (Fsp3) is 0.429. The molecule has 0 atom stereocenters. The van der Waals surface area contributed by atoms with Crippen LogP contribution in [0.3, 0.4) is 0 Å². The van der Waals surface area contributed by atoms with Crippen molar-refractivity contribution in [2.24, 2.45) is 0 Å². The van der Waals surface area contributed by atoms with Crippen molar-refractivity contribution >= 4 is 0 Å². The maximum Gasteiger partial charge on any atom is 0.0995 e. The van der Waals surface area contributed by atoms with Crippen LogP contribution in [-0.4, -0.2) is 0 Å². The van der Waals surface area contributed by atoms with E-state index in [1.54, 1.807) is 0 Å². The summed E-state index contributed by atoms with van der Waals surface area (Å²) < 4.78 is 0. The van der Waals surface area contributed by atoms with E-state index in [1.807, 2.05) is 24.3 Å². The highest BCUT2D eigenvalue weighted by Gasteiger charge is 2.35. The first-order chi connectivity index (χ1) is 7.82. The molecule has 1 fully saturated rings. The second kappa shape index (κ2) is 4.37. The van der Waals surface area contributed by atoms with Crippen LogP contribution in [0, 0.1) is 22.7 Å². The summed E-state index contributed by atoms with van der Waals surface area (Å²) in [4.78, 5) is 0. The Morgan fingerprint density at radius 3 is 2.31 bits per heavy atom. The molecule has 0 spiro atoms. The van der Waals surface area contributed by atoms with Crippen molar-refractivity contribution in [3.63, 3.8) is 0 Å². The molecule has 1 aliphatic rings. The van der Waals surface area contributed by atoms with Crippen LogP contribution in [0.1, 0.15) is 43.2 Å². The lowest BCUT2D eigenvalue weighted by Crippen LogP contribution is -2.28. The molecule has 80 valence electrons. The Morgan fingerprint density at radius 2 is 1.69 bits per heavy atom. The molecule has 16 heavy (non-hydrogen) atoms. The van der Waals surface area contributed by atoms with Gasteiger partial charge in [-0.25, -0.2) is 0 Å². The van der Waals surface area contributed by atoms with Gasteiger partial charge in [-0.2, -0.15) is 10.5 Å². The van der Waals surface area contributed by atoms with Crippen molar-refractivity contribution in [3.05, 3.63) is 35.4 Å². The Labute approximate surface area is 96.1 Å². The molecular formula is C14H14N2. The van der Waals surface area contributed by atoms with E-state index >= 15 is 0 Å². The van der Waals surface area contributed by atoms with Crippen molar-refractivity contribution in [1.82, 2.24) is 0 Å². The average Bonchev–Trinajstić information content (AvgIpc) is 2.39. The molecule has 2 nitrogen and oxygen atoms in total. The first-order valence-corrected chi connectivity index (χ1v) is 5.73. The summed E-state index contributed by atoms with van der Waals surface area (Å²) in [5.41, 5.74) is 1.18. The molecule has 0 bridgehead atoms. The van der Waals surface area contributed by atoms with Crippen LogP contribution >= 0.6 is 0 Å². The minimum Gasteiger partial charge on any atom is -0.197 e. The molecule has 0 radical (unpaired) electrons. The molecule has 0 saturated heterocycles. The van der Waals surface area contributed by atoms with E-state index in [9.17, 15) is 5.26 Å². The average molecular weight is 210 g/mol. The van der Waals surface area contributed by atoms with Gasteiger partial charge in [-0.15, -0.1) is 0 Å². The van der Waals surface area contributed by atoms with Crippen molar-refractivity contribution in [2.45, 2.75) is 37.5 Å². The molecule has 1 aliphatic carbocycles. The van der Waals surface area contributed by atoms with Crippen molar-refractivity contribution < 1.29 is 0 Å². The Kier molecular flexibility index (Phi) is 2.93. The fourth-order valence-electron chi connectivity index (χ4n) is 2.59. The van der Waals surface area contributed by atoms with E-state index in [0.29, 0.717) is 5.56 Å². The molecule has 0 amide bonds. The molecule has 2 rings (SSSR count). The number of benzene rings is 1. The maximum atomic E-state index is 9.46. The zero-order chi connectivity index (χ0) is 11.4. The van der Waals surface area contributed by atoms with Crippen LogP contribution in [0.15, 0.2) is 24.3 Å². The minimum atomic E-state index is -0.412. The molecule has 0 aliphatic heterocycles. The van der Waals surface area contributed by atoms with Gasteiger partial charge in [0.2, 0.25) is 0 Å².